The number of halogens is 1. The molecular formula is C27H27ClN4. The molecule has 0 atom stereocenters. The number of hydrogen-bond acceptors (Lipinski definition) is 3. The van der Waals surface area contributed by atoms with Gasteiger partial charge in [0.25, 0.3) is 0 Å². The fourth-order valence-corrected chi connectivity index (χ4v) is 4.47. The van der Waals surface area contributed by atoms with Gasteiger partial charge in [0.1, 0.15) is 0 Å². The van der Waals surface area contributed by atoms with E-state index in [2.05, 4.69) is 81.3 Å². The molecule has 2 heterocycles. The predicted molar refractivity (Wildman–Crippen MR) is 135 cm³/mol. The molecule has 162 valence electrons. The summed E-state index contributed by atoms with van der Waals surface area (Å²) in [4.78, 5) is 8.50. The lowest BCUT2D eigenvalue weighted by Crippen LogP contribution is -2.44. The van der Waals surface area contributed by atoms with Crippen LogP contribution in [0.4, 0.5) is 11.4 Å². The van der Waals surface area contributed by atoms with E-state index in [1.54, 1.807) is 0 Å². The number of H-pyrrole nitrogens is 1. The van der Waals surface area contributed by atoms with Gasteiger partial charge in [-0.25, -0.2) is 0 Å². The Morgan fingerprint density at radius 3 is 2.31 bits per heavy atom. The molecule has 1 saturated heterocycles. The highest BCUT2D eigenvalue weighted by Gasteiger charge is 2.22. The van der Waals surface area contributed by atoms with Crippen molar-refractivity contribution in [3.63, 3.8) is 0 Å². The largest absolute Gasteiger partial charge is 0.368 e. The first kappa shape index (κ1) is 20.7. The molecule has 0 bridgehead atoms. The van der Waals surface area contributed by atoms with Gasteiger partial charge in [-0.15, -0.1) is 0 Å². The van der Waals surface area contributed by atoms with Gasteiger partial charge in [-0.05, 0) is 35.9 Å². The zero-order chi connectivity index (χ0) is 21.9. The van der Waals surface area contributed by atoms with E-state index >= 15 is 0 Å². The van der Waals surface area contributed by atoms with E-state index in [9.17, 15) is 0 Å². The quantitative estimate of drug-likeness (QED) is 0.365. The van der Waals surface area contributed by atoms with Gasteiger partial charge in [-0.1, -0.05) is 66.7 Å². The summed E-state index contributed by atoms with van der Waals surface area (Å²) in [6.07, 6.45) is 0. The minimum Gasteiger partial charge on any atom is -0.368 e. The van der Waals surface area contributed by atoms with Crippen molar-refractivity contribution >= 4 is 39.6 Å². The minimum atomic E-state index is 0.729. The molecule has 2 N–H and O–H groups in total. The molecule has 1 aromatic heterocycles. The molecule has 0 unspecified atom stereocenters. The van der Waals surface area contributed by atoms with E-state index in [4.69, 9.17) is 11.6 Å². The van der Waals surface area contributed by atoms with Crippen LogP contribution in [0.2, 0.25) is 5.02 Å². The number of aromatic amines is 1. The predicted octanol–water partition coefficient (Wildman–Crippen LogP) is 6.35. The zero-order valence-electron chi connectivity index (χ0n) is 18.0. The Morgan fingerprint density at radius 1 is 0.875 bits per heavy atom. The highest BCUT2D eigenvalue weighted by molar-refractivity contribution is 6.30. The van der Waals surface area contributed by atoms with Crippen LogP contribution in [0.1, 0.15) is 11.3 Å². The van der Waals surface area contributed by atoms with Crippen LogP contribution in [0.3, 0.4) is 0 Å². The smallest absolute Gasteiger partial charge is 0.0862 e. The first-order valence-corrected chi connectivity index (χ1v) is 11.4. The molecule has 32 heavy (non-hydrogen) atoms. The first-order valence-electron chi connectivity index (χ1n) is 11.0. The lowest BCUT2D eigenvalue weighted by atomic mass is 10.1. The lowest BCUT2D eigenvalue weighted by molar-refractivity contribution is 0.169. The van der Waals surface area contributed by atoms with E-state index < -0.39 is 0 Å². The lowest BCUT2D eigenvalue weighted by Gasteiger charge is -2.37. The fourth-order valence-electron chi connectivity index (χ4n) is 4.34. The van der Waals surface area contributed by atoms with E-state index in [-0.39, 0.29) is 0 Å². The maximum absolute atomic E-state index is 6.08. The van der Waals surface area contributed by atoms with Crippen molar-refractivity contribution in [2.45, 2.75) is 6.54 Å². The van der Waals surface area contributed by atoms with Gasteiger partial charge in [0.2, 0.25) is 0 Å². The number of rotatable bonds is 6. The summed E-state index contributed by atoms with van der Waals surface area (Å²) in [5, 5.41) is 5.48. The summed E-state index contributed by atoms with van der Waals surface area (Å²) in [5.41, 5.74) is 6.59. The summed E-state index contributed by atoms with van der Waals surface area (Å²) in [5.74, 6) is 0. The van der Waals surface area contributed by atoms with Gasteiger partial charge in [-0.2, -0.15) is 0 Å². The monoisotopic (exact) mass is 442 g/mol. The van der Waals surface area contributed by atoms with Crippen LogP contribution in [0.25, 0.3) is 16.6 Å². The van der Waals surface area contributed by atoms with Gasteiger partial charge in [0.05, 0.1) is 17.1 Å². The second-order valence-electron chi connectivity index (χ2n) is 8.25. The van der Waals surface area contributed by atoms with Gasteiger partial charge in [0.15, 0.2) is 0 Å². The Labute approximate surface area is 194 Å². The Balaban J connectivity index is 1.35. The number of piperazine rings is 1. The van der Waals surface area contributed by atoms with E-state index in [0.717, 1.165) is 71.4 Å². The van der Waals surface area contributed by atoms with Gasteiger partial charge < -0.3 is 15.2 Å². The Morgan fingerprint density at radius 2 is 1.56 bits per heavy atom. The summed E-state index contributed by atoms with van der Waals surface area (Å²) in [7, 11) is 0. The normalized spacial score (nSPS) is 14.6. The number of fused-ring (bicyclic) bond motifs is 1. The molecule has 0 spiro atoms. The summed E-state index contributed by atoms with van der Waals surface area (Å²) >= 11 is 6.08. The molecule has 0 aliphatic carbocycles. The molecule has 4 nitrogen and oxygen atoms in total. The second kappa shape index (κ2) is 9.11. The third-order valence-corrected chi connectivity index (χ3v) is 6.36. The molecule has 0 radical (unpaired) electrons. The number of aromatic nitrogens is 1. The van der Waals surface area contributed by atoms with Crippen LogP contribution in [-0.2, 0) is 6.54 Å². The molecule has 1 aliphatic rings. The number of benzene rings is 3. The molecule has 5 heteroatoms. The van der Waals surface area contributed by atoms with Crippen molar-refractivity contribution in [2.75, 3.05) is 31.5 Å². The molecule has 1 aliphatic heterocycles. The molecular weight excluding hydrogens is 416 g/mol. The van der Waals surface area contributed by atoms with Crippen LogP contribution in [0, 0.1) is 0 Å². The standard InChI is InChI=1S/C27H27ClN4/c1-20(32-17-15-31(16-18-32)19-21-7-3-2-4-8-21)26-27(24-9-5-6-10-25(24)30-26)29-23-13-11-22(28)12-14-23/h2-14,29-30H,1,15-19H2. The van der Waals surface area contributed by atoms with Crippen LogP contribution in [-0.4, -0.2) is 41.0 Å². The van der Waals surface area contributed by atoms with Crippen molar-refractivity contribution in [1.29, 1.82) is 0 Å². The van der Waals surface area contributed by atoms with Gasteiger partial charge in [0, 0.05) is 54.3 Å². The maximum Gasteiger partial charge on any atom is 0.0862 e. The summed E-state index contributed by atoms with van der Waals surface area (Å²) in [6.45, 7) is 9.44. The van der Waals surface area contributed by atoms with Crippen molar-refractivity contribution in [1.82, 2.24) is 14.8 Å². The molecule has 0 saturated carbocycles. The highest BCUT2D eigenvalue weighted by Crippen LogP contribution is 2.35. The van der Waals surface area contributed by atoms with Crippen LogP contribution in [0.15, 0.2) is 85.4 Å². The molecule has 1 fully saturated rings. The topological polar surface area (TPSA) is 34.3 Å². The van der Waals surface area contributed by atoms with Crippen molar-refractivity contribution < 1.29 is 0 Å². The third-order valence-electron chi connectivity index (χ3n) is 6.11. The molecule has 4 aromatic rings. The molecule has 3 aromatic carbocycles. The van der Waals surface area contributed by atoms with Crippen molar-refractivity contribution in [2.24, 2.45) is 0 Å². The first-order chi connectivity index (χ1) is 15.7. The Bertz CT molecular complexity index is 1210. The number of nitrogens with one attached hydrogen (secondary N) is 2. The molecule has 5 rings (SSSR count). The minimum absolute atomic E-state index is 0.729. The third kappa shape index (κ3) is 4.38. The Hall–Kier alpha value is -3.21. The van der Waals surface area contributed by atoms with E-state index in [0.29, 0.717) is 0 Å². The maximum atomic E-state index is 6.08. The van der Waals surface area contributed by atoms with Crippen molar-refractivity contribution in [3.8, 4) is 0 Å². The Kier molecular flexibility index (Phi) is 5.89. The zero-order valence-corrected chi connectivity index (χ0v) is 18.8. The van der Waals surface area contributed by atoms with Crippen LogP contribution in [0.5, 0.6) is 0 Å². The van der Waals surface area contributed by atoms with Gasteiger partial charge >= 0.3 is 0 Å². The molecule has 0 amide bonds. The van der Waals surface area contributed by atoms with E-state index in [1.165, 1.54) is 5.56 Å². The second-order valence-corrected chi connectivity index (χ2v) is 8.68. The van der Waals surface area contributed by atoms with E-state index in [1.807, 2.05) is 24.3 Å². The van der Waals surface area contributed by atoms with Crippen molar-refractivity contribution in [3.05, 3.63) is 102 Å². The summed E-state index contributed by atoms with van der Waals surface area (Å²) < 4.78 is 0. The number of nitrogens with zero attached hydrogens (tertiary/aromatic N) is 2. The average molecular weight is 443 g/mol. The SMILES string of the molecule is C=C(c1[nH]c2ccccc2c1Nc1ccc(Cl)cc1)N1CCN(Cc2ccccc2)CC1. The van der Waals surface area contributed by atoms with Crippen LogP contribution >= 0.6 is 11.6 Å². The average Bonchev–Trinajstić information content (AvgIpc) is 3.19. The number of anilines is 2. The number of para-hydroxylation sites is 1. The van der Waals surface area contributed by atoms with Gasteiger partial charge in [-0.3, -0.25) is 4.90 Å². The number of hydrogen-bond donors (Lipinski definition) is 2. The summed E-state index contributed by atoms with van der Waals surface area (Å²) in [6, 6.07) is 26.9. The fraction of sp³-hybridized carbons (Fsp3) is 0.185. The highest BCUT2D eigenvalue weighted by atomic mass is 35.5. The van der Waals surface area contributed by atoms with Crippen LogP contribution < -0.4 is 5.32 Å².